The van der Waals surface area contributed by atoms with Gasteiger partial charge in [-0.1, -0.05) is 78.9 Å². The van der Waals surface area contributed by atoms with Crippen molar-refractivity contribution in [3.8, 4) is 33.8 Å². The van der Waals surface area contributed by atoms with Gasteiger partial charge < -0.3 is 4.42 Å². The molecule has 2 heterocycles. The fourth-order valence-electron chi connectivity index (χ4n) is 4.24. The summed E-state index contributed by atoms with van der Waals surface area (Å²) in [7, 11) is 0. The second kappa shape index (κ2) is 7.94. The van der Waals surface area contributed by atoms with E-state index in [9.17, 15) is 10.1 Å². The lowest BCUT2D eigenvalue weighted by Crippen LogP contribution is -1.93. The van der Waals surface area contributed by atoms with E-state index in [0.29, 0.717) is 22.7 Å². The van der Waals surface area contributed by atoms with Gasteiger partial charge in [0.05, 0.1) is 21.6 Å². The van der Waals surface area contributed by atoms with E-state index in [2.05, 4.69) is 0 Å². The third kappa shape index (κ3) is 3.29. The molecule has 6 nitrogen and oxygen atoms in total. The molecule has 6 rings (SSSR count). The zero-order chi connectivity index (χ0) is 23.1. The second-order valence-corrected chi connectivity index (χ2v) is 7.90. The van der Waals surface area contributed by atoms with Crippen LogP contribution in [-0.4, -0.2) is 14.9 Å². The molecule has 6 heteroatoms. The van der Waals surface area contributed by atoms with Gasteiger partial charge in [-0.3, -0.25) is 10.1 Å². The van der Waals surface area contributed by atoms with Crippen molar-refractivity contribution in [3.63, 3.8) is 0 Å². The van der Waals surface area contributed by atoms with Crippen LogP contribution in [0, 0.1) is 10.1 Å². The highest BCUT2D eigenvalue weighted by Crippen LogP contribution is 2.39. The second-order valence-electron chi connectivity index (χ2n) is 7.90. The molecule has 0 saturated heterocycles. The molecule has 0 N–H and O–H groups in total. The van der Waals surface area contributed by atoms with Crippen molar-refractivity contribution in [2.24, 2.45) is 0 Å². The van der Waals surface area contributed by atoms with E-state index in [4.69, 9.17) is 14.4 Å². The van der Waals surface area contributed by atoms with Crippen LogP contribution in [0.4, 0.5) is 5.69 Å². The molecule has 0 amide bonds. The summed E-state index contributed by atoms with van der Waals surface area (Å²) >= 11 is 0. The SMILES string of the molecule is O=[N+]([O-])c1ccccc1-c1ccc2oc3nc(-c4ccccc4)nc(-c4ccccc4)c3c2c1. The third-order valence-electron chi connectivity index (χ3n) is 5.82. The average molecular weight is 443 g/mol. The molecular formula is C28H17N3O3. The number of hydrogen-bond donors (Lipinski definition) is 0. The Morgan fingerprint density at radius 2 is 1.38 bits per heavy atom. The van der Waals surface area contributed by atoms with Crippen LogP contribution in [0.3, 0.4) is 0 Å². The van der Waals surface area contributed by atoms with E-state index < -0.39 is 0 Å². The smallest absolute Gasteiger partial charge is 0.277 e. The summed E-state index contributed by atoms with van der Waals surface area (Å²) < 4.78 is 6.16. The Balaban J connectivity index is 1.66. The van der Waals surface area contributed by atoms with Crippen molar-refractivity contribution in [1.82, 2.24) is 9.97 Å². The quantitative estimate of drug-likeness (QED) is 0.211. The fourth-order valence-corrected chi connectivity index (χ4v) is 4.24. The first-order chi connectivity index (χ1) is 16.7. The molecule has 0 saturated carbocycles. The van der Waals surface area contributed by atoms with E-state index in [1.54, 1.807) is 18.2 Å². The molecular weight excluding hydrogens is 426 g/mol. The van der Waals surface area contributed by atoms with Crippen LogP contribution in [0.15, 0.2) is 108 Å². The summed E-state index contributed by atoms with van der Waals surface area (Å²) in [6.07, 6.45) is 0. The van der Waals surface area contributed by atoms with Crippen LogP contribution < -0.4 is 0 Å². The monoisotopic (exact) mass is 443 g/mol. The lowest BCUT2D eigenvalue weighted by Gasteiger charge is -2.07. The largest absolute Gasteiger partial charge is 0.438 e. The maximum Gasteiger partial charge on any atom is 0.277 e. The van der Waals surface area contributed by atoms with Crippen molar-refractivity contribution in [3.05, 3.63) is 113 Å². The van der Waals surface area contributed by atoms with E-state index in [0.717, 1.165) is 33.2 Å². The van der Waals surface area contributed by atoms with Gasteiger partial charge in [-0.25, -0.2) is 4.98 Å². The molecule has 6 aromatic rings. The molecule has 0 bridgehead atoms. The fraction of sp³-hybridized carbons (Fsp3) is 0. The van der Waals surface area contributed by atoms with Gasteiger partial charge >= 0.3 is 0 Å². The van der Waals surface area contributed by atoms with Crippen LogP contribution in [0.2, 0.25) is 0 Å². The summed E-state index contributed by atoms with van der Waals surface area (Å²) in [5, 5.41) is 13.2. The lowest BCUT2D eigenvalue weighted by molar-refractivity contribution is -0.384. The molecule has 0 unspecified atom stereocenters. The van der Waals surface area contributed by atoms with Crippen molar-refractivity contribution in [2.45, 2.75) is 0 Å². The molecule has 0 atom stereocenters. The number of para-hydroxylation sites is 1. The maximum atomic E-state index is 11.6. The summed E-state index contributed by atoms with van der Waals surface area (Å²) in [6.45, 7) is 0. The number of hydrogen-bond acceptors (Lipinski definition) is 5. The summed E-state index contributed by atoms with van der Waals surface area (Å²) in [4.78, 5) is 20.9. The standard InChI is InChI=1S/C28H17N3O3/c32-31(33)23-14-8-7-13-21(23)20-15-16-24-22(17-20)25-26(18-9-3-1-4-10-18)29-27(30-28(25)34-24)19-11-5-2-6-12-19/h1-17H. The minimum absolute atomic E-state index is 0.0561. The molecule has 162 valence electrons. The van der Waals surface area contributed by atoms with Gasteiger partial charge in [-0.05, 0) is 23.8 Å². The summed E-state index contributed by atoms with van der Waals surface area (Å²) in [5.41, 5.74) is 5.04. The van der Waals surface area contributed by atoms with Crippen molar-refractivity contribution >= 4 is 27.8 Å². The number of benzene rings is 4. The molecule has 0 radical (unpaired) electrons. The van der Waals surface area contributed by atoms with Gasteiger partial charge in [0.25, 0.3) is 5.69 Å². The number of nitro groups is 1. The molecule has 34 heavy (non-hydrogen) atoms. The highest BCUT2D eigenvalue weighted by atomic mass is 16.6. The van der Waals surface area contributed by atoms with E-state index in [1.807, 2.05) is 78.9 Å². The highest BCUT2D eigenvalue weighted by Gasteiger charge is 2.20. The predicted octanol–water partition coefficient (Wildman–Crippen LogP) is 7.29. The van der Waals surface area contributed by atoms with Crippen LogP contribution in [-0.2, 0) is 0 Å². The van der Waals surface area contributed by atoms with Crippen molar-refractivity contribution in [1.29, 1.82) is 0 Å². The number of fused-ring (bicyclic) bond motifs is 3. The summed E-state index contributed by atoms with van der Waals surface area (Å²) in [5.74, 6) is 0.574. The van der Waals surface area contributed by atoms with Crippen LogP contribution >= 0.6 is 0 Å². The van der Waals surface area contributed by atoms with E-state index in [1.165, 1.54) is 6.07 Å². The van der Waals surface area contributed by atoms with Crippen molar-refractivity contribution < 1.29 is 9.34 Å². The van der Waals surface area contributed by atoms with Crippen LogP contribution in [0.25, 0.3) is 55.8 Å². The lowest BCUT2D eigenvalue weighted by atomic mass is 10.00. The molecule has 0 aliphatic rings. The Labute approximate surface area is 194 Å². The Hall–Kier alpha value is -4.84. The number of aromatic nitrogens is 2. The predicted molar refractivity (Wildman–Crippen MR) is 132 cm³/mol. The van der Waals surface area contributed by atoms with Gasteiger partial charge in [0.2, 0.25) is 5.71 Å². The maximum absolute atomic E-state index is 11.6. The number of rotatable bonds is 4. The Morgan fingerprint density at radius 1 is 0.706 bits per heavy atom. The van der Waals surface area contributed by atoms with E-state index in [-0.39, 0.29) is 10.6 Å². The first-order valence-electron chi connectivity index (χ1n) is 10.8. The van der Waals surface area contributed by atoms with Gasteiger partial charge in [-0.15, -0.1) is 0 Å². The van der Waals surface area contributed by atoms with E-state index >= 15 is 0 Å². The zero-order valence-electron chi connectivity index (χ0n) is 17.9. The van der Waals surface area contributed by atoms with Gasteiger partial charge in [0.15, 0.2) is 5.82 Å². The molecule has 4 aromatic carbocycles. The van der Waals surface area contributed by atoms with Crippen LogP contribution in [0.1, 0.15) is 0 Å². The number of nitro benzene ring substituents is 1. The molecule has 2 aromatic heterocycles. The minimum atomic E-state index is -0.363. The molecule has 0 fully saturated rings. The number of furan rings is 1. The van der Waals surface area contributed by atoms with Crippen molar-refractivity contribution in [2.75, 3.05) is 0 Å². The normalized spacial score (nSPS) is 11.2. The molecule has 0 spiro atoms. The Bertz CT molecular complexity index is 1680. The van der Waals surface area contributed by atoms with Gasteiger partial charge in [-0.2, -0.15) is 4.98 Å². The average Bonchev–Trinajstić information content (AvgIpc) is 3.27. The summed E-state index contributed by atoms with van der Waals surface area (Å²) in [6, 6.07) is 32.0. The zero-order valence-corrected chi connectivity index (χ0v) is 17.9. The molecule has 0 aliphatic carbocycles. The molecule has 0 aliphatic heterocycles. The number of nitrogens with zero attached hydrogens (tertiary/aromatic N) is 3. The highest BCUT2D eigenvalue weighted by molar-refractivity contribution is 6.11. The first kappa shape index (κ1) is 19.8. The van der Waals surface area contributed by atoms with Gasteiger partial charge in [0, 0.05) is 22.6 Å². The topological polar surface area (TPSA) is 82.1 Å². The Morgan fingerprint density at radius 3 is 2.12 bits per heavy atom. The third-order valence-corrected chi connectivity index (χ3v) is 5.82. The van der Waals surface area contributed by atoms with Crippen LogP contribution in [0.5, 0.6) is 0 Å². The first-order valence-corrected chi connectivity index (χ1v) is 10.8. The Kier molecular flexibility index (Phi) is 4.63. The minimum Gasteiger partial charge on any atom is -0.438 e. The van der Waals surface area contributed by atoms with Gasteiger partial charge in [0.1, 0.15) is 5.58 Å².